The number of amides is 1. The molecule has 7 heteroatoms. The number of anilines is 3. The van der Waals surface area contributed by atoms with E-state index in [9.17, 15) is 4.79 Å². The van der Waals surface area contributed by atoms with Gasteiger partial charge in [0.1, 0.15) is 23.8 Å². The summed E-state index contributed by atoms with van der Waals surface area (Å²) in [5.74, 6) is 2.03. The summed E-state index contributed by atoms with van der Waals surface area (Å²) in [6, 6.07) is 17.3. The zero-order valence-electron chi connectivity index (χ0n) is 16.8. The van der Waals surface area contributed by atoms with E-state index in [2.05, 4.69) is 25.6 Å². The van der Waals surface area contributed by atoms with Gasteiger partial charge in [-0.2, -0.15) is 0 Å². The summed E-state index contributed by atoms with van der Waals surface area (Å²) in [6.07, 6.45) is 5.58. The summed E-state index contributed by atoms with van der Waals surface area (Å²) in [4.78, 5) is 25.2. The highest BCUT2D eigenvalue weighted by Crippen LogP contribution is 2.19. The molecule has 0 aliphatic rings. The van der Waals surface area contributed by atoms with Gasteiger partial charge >= 0.3 is 0 Å². The van der Waals surface area contributed by atoms with Crippen molar-refractivity contribution in [3.63, 3.8) is 0 Å². The van der Waals surface area contributed by atoms with Crippen LogP contribution in [-0.2, 0) is 11.2 Å². The Morgan fingerprint density at radius 2 is 1.80 bits per heavy atom. The molecule has 4 rings (SSSR count). The molecule has 0 spiro atoms. The predicted octanol–water partition coefficient (Wildman–Crippen LogP) is 4.20. The van der Waals surface area contributed by atoms with Gasteiger partial charge in [0, 0.05) is 29.8 Å². The van der Waals surface area contributed by atoms with E-state index in [-0.39, 0.29) is 5.91 Å². The zero-order chi connectivity index (χ0) is 20.9. The lowest BCUT2D eigenvalue weighted by molar-refractivity contribution is -0.115. The van der Waals surface area contributed by atoms with Crippen LogP contribution in [0.1, 0.15) is 17.0 Å². The van der Waals surface area contributed by atoms with E-state index in [4.69, 9.17) is 0 Å². The molecule has 1 amide bonds. The Hall–Kier alpha value is -4.00. The van der Waals surface area contributed by atoms with Gasteiger partial charge in [-0.3, -0.25) is 9.36 Å². The first kappa shape index (κ1) is 19.3. The van der Waals surface area contributed by atoms with Gasteiger partial charge in [-0.15, -0.1) is 0 Å². The molecule has 0 unspecified atom stereocenters. The van der Waals surface area contributed by atoms with Gasteiger partial charge in [-0.1, -0.05) is 29.8 Å². The predicted molar refractivity (Wildman–Crippen MR) is 117 cm³/mol. The highest BCUT2D eigenvalue weighted by atomic mass is 16.1. The fourth-order valence-corrected chi connectivity index (χ4v) is 3.14. The van der Waals surface area contributed by atoms with Crippen LogP contribution in [0, 0.1) is 13.8 Å². The van der Waals surface area contributed by atoms with E-state index in [1.807, 2.05) is 79.2 Å². The SMILES string of the molecule is Cc1cccc(CC(=O)Nc2ccc(Nc3cc(-n4ccnc4)nc(C)n3)cc2)c1. The zero-order valence-corrected chi connectivity index (χ0v) is 16.8. The van der Waals surface area contributed by atoms with Gasteiger partial charge in [0.15, 0.2) is 0 Å². The van der Waals surface area contributed by atoms with Gasteiger partial charge < -0.3 is 10.6 Å². The van der Waals surface area contributed by atoms with E-state index in [1.165, 1.54) is 0 Å². The first-order valence-corrected chi connectivity index (χ1v) is 9.62. The Morgan fingerprint density at radius 1 is 1.00 bits per heavy atom. The second-order valence-electron chi connectivity index (χ2n) is 7.04. The van der Waals surface area contributed by atoms with Crippen molar-refractivity contribution in [1.82, 2.24) is 19.5 Å². The number of carbonyl (C=O) groups is 1. The maximum absolute atomic E-state index is 12.3. The van der Waals surface area contributed by atoms with Crippen LogP contribution in [0.15, 0.2) is 73.3 Å². The molecule has 4 aromatic rings. The van der Waals surface area contributed by atoms with Gasteiger partial charge in [0.25, 0.3) is 0 Å². The first-order valence-electron chi connectivity index (χ1n) is 9.62. The number of aryl methyl sites for hydroxylation is 2. The van der Waals surface area contributed by atoms with Gasteiger partial charge in [0.2, 0.25) is 5.91 Å². The van der Waals surface area contributed by atoms with Crippen molar-refractivity contribution in [2.24, 2.45) is 0 Å². The van der Waals surface area contributed by atoms with Crippen molar-refractivity contribution in [3.05, 3.63) is 90.3 Å². The number of aromatic nitrogens is 4. The Morgan fingerprint density at radius 3 is 2.53 bits per heavy atom. The molecule has 0 saturated heterocycles. The largest absolute Gasteiger partial charge is 0.340 e. The normalized spacial score (nSPS) is 10.6. The van der Waals surface area contributed by atoms with E-state index in [0.717, 1.165) is 28.3 Å². The molecule has 0 aliphatic heterocycles. The molecule has 7 nitrogen and oxygen atoms in total. The van der Waals surface area contributed by atoms with Crippen LogP contribution >= 0.6 is 0 Å². The van der Waals surface area contributed by atoms with E-state index < -0.39 is 0 Å². The molecule has 30 heavy (non-hydrogen) atoms. The van der Waals surface area contributed by atoms with Crippen LogP contribution in [0.4, 0.5) is 17.2 Å². The summed E-state index contributed by atoms with van der Waals surface area (Å²) in [7, 11) is 0. The number of benzene rings is 2. The lowest BCUT2D eigenvalue weighted by atomic mass is 10.1. The monoisotopic (exact) mass is 398 g/mol. The van der Waals surface area contributed by atoms with Crippen molar-refractivity contribution < 1.29 is 4.79 Å². The van der Waals surface area contributed by atoms with Crippen LogP contribution in [0.2, 0.25) is 0 Å². The smallest absolute Gasteiger partial charge is 0.228 e. The minimum Gasteiger partial charge on any atom is -0.340 e. The van der Waals surface area contributed by atoms with Crippen molar-refractivity contribution >= 4 is 23.1 Å². The fraction of sp³-hybridized carbons (Fsp3) is 0.130. The molecular weight excluding hydrogens is 376 g/mol. The number of nitrogens with one attached hydrogen (secondary N) is 2. The molecule has 150 valence electrons. The number of carbonyl (C=O) groups excluding carboxylic acids is 1. The number of imidazole rings is 1. The molecule has 0 bridgehead atoms. The summed E-state index contributed by atoms with van der Waals surface area (Å²) in [6.45, 7) is 3.86. The van der Waals surface area contributed by atoms with Crippen molar-refractivity contribution in [1.29, 1.82) is 0 Å². The molecule has 0 radical (unpaired) electrons. The number of nitrogens with zero attached hydrogens (tertiary/aromatic N) is 4. The van der Waals surface area contributed by atoms with Crippen LogP contribution < -0.4 is 10.6 Å². The summed E-state index contributed by atoms with van der Waals surface area (Å²) in [5.41, 5.74) is 3.75. The topological polar surface area (TPSA) is 84.7 Å². The van der Waals surface area contributed by atoms with E-state index in [1.54, 1.807) is 12.5 Å². The van der Waals surface area contributed by atoms with Crippen LogP contribution in [0.5, 0.6) is 0 Å². The molecule has 0 aliphatic carbocycles. The Kier molecular flexibility index (Phi) is 5.52. The summed E-state index contributed by atoms with van der Waals surface area (Å²) < 4.78 is 1.83. The molecule has 0 atom stereocenters. The summed E-state index contributed by atoms with van der Waals surface area (Å²) >= 11 is 0. The van der Waals surface area contributed by atoms with Gasteiger partial charge in [-0.05, 0) is 43.7 Å². The number of rotatable bonds is 6. The Balaban J connectivity index is 1.41. The van der Waals surface area contributed by atoms with Gasteiger partial charge in [0.05, 0.1) is 6.42 Å². The number of hydrogen-bond acceptors (Lipinski definition) is 5. The maximum atomic E-state index is 12.3. The molecule has 2 N–H and O–H groups in total. The van der Waals surface area contributed by atoms with Crippen LogP contribution in [0.3, 0.4) is 0 Å². The lowest BCUT2D eigenvalue weighted by Gasteiger charge is -2.10. The fourth-order valence-electron chi connectivity index (χ4n) is 3.14. The molecule has 2 heterocycles. The quantitative estimate of drug-likeness (QED) is 0.508. The van der Waals surface area contributed by atoms with Crippen LogP contribution in [-0.4, -0.2) is 25.4 Å². The van der Waals surface area contributed by atoms with E-state index >= 15 is 0 Å². The average molecular weight is 398 g/mol. The number of hydrogen-bond donors (Lipinski definition) is 2. The second-order valence-corrected chi connectivity index (χ2v) is 7.04. The Labute approximate surface area is 174 Å². The standard InChI is InChI=1S/C23H22N6O/c1-16-4-3-5-18(12-16)13-23(30)28-20-8-6-19(7-9-20)27-21-14-22(26-17(2)25-21)29-11-10-24-15-29/h3-12,14-15H,13H2,1-2H3,(H,28,30)(H,25,26,27). The van der Waals surface area contributed by atoms with Gasteiger partial charge in [-0.25, -0.2) is 15.0 Å². The van der Waals surface area contributed by atoms with Crippen molar-refractivity contribution in [2.75, 3.05) is 10.6 Å². The third kappa shape index (κ3) is 4.88. The minimum atomic E-state index is -0.0438. The molecule has 2 aromatic heterocycles. The first-order chi connectivity index (χ1) is 14.5. The third-order valence-electron chi connectivity index (χ3n) is 4.48. The Bertz CT molecular complexity index is 1150. The molecule has 0 fully saturated rings. The summed E-state index contributed by atoms with van der Waals surface area (Å²) in [5, 5.41) is 6.21. The molecule has 2 aromatic carbocycles. The second kappa shape index (κ2) is 8.57. The highest BCUT2D eigenvalue weighted by molar-refractivity contribution is 5.92. The minimum absolute atomic E-state index is 0.0438. The lowest BCUT2D eigenvalue weighted by Crippen LogP contribution is -2.14. The molecular formula is C23H22N6O. The van der Waals surface area contributed by atoms with Crippen molar-refractivity contribution in [3.8, 4) is 5.82 Å². The van der Waals surface area contributed by atoms with Crippen LogP contribution in [0.25, 0.3) is 5.82 Å². The average Bonchev–Trinajstić information content (AvgIpc) is 3.24. The molecule has 0 saturated carbocycles. The highest BCUT2D eigenvalue weighted by Gasteiger charge is 2.06. The van der Waals surface area contributed by atoms with E-state index in [0.29, 0.717) is 18.1 Å². The van der Waals surface area contributed by atoms with Crippen molar-refractivity contribution in [2.45, 2.75) is 20.3 Å². The maximum Gasteiger partial charge on any atom is 0.228 e. The third-order valence-corrected chi connectivity index (χ3v) is 4.48.